The smallest absolute Gasteiger partial charge is 0.109 e. The Morgan fingerprint density at radius 3 is 2.30 bits per heavy atom. The van der Waals surface area contributed by atoms with Gasteiger partial charge in [-0.05, 0) is 42.4 Å². The van der Waals surface area contributed by atoms with Crippen LogP contribution in [0.25, 0.3) is 0 Å². The molecule has 0 amide bonds. The van der Waals surface area contributed by atoms with Crippen LogP contribution in [0.3, 0.4) is 0 Å². The van der Waals surface area contributed by atoms with Crippen LogP contribution in [0.2, 0.25) is 10.0 Å². The predicted octanol–water partition coefficient (Wildman–Crippen LogP) is 2.73. The Balaban J connectivity index is 1.54. The summed E-state index contributed by atoms with van der Waals surface area (Å²) in [5.41, 5.74) is 2.26. The van der Waals surface area contributed by atoms with Gasteiger partial charge in [0.05, 0.1) is 18.8 Å². The Morgan fingerprint density at radius 2 is 1.64 bits per heavy atom. The van der Waals surface area contributed by atoms with E-state index in [0.717, 1.165) is 37.3 Å². The molecule has 0 radical (unpaired) electrons. The summed E-state index contributed by atoms with van der Waals surface area (Å²) >= 11 is 12.3. The highest BCUT2D eigenvalue weighted by molar-refractivity contribution is 6.30. The van der Waals surface area contributed by atoms with Gasteiger partial charge >= 0.3 is 0 Å². The number of likely N-dealkylation sites (N-methyl/N-ethyl adjacent to an activating group) is 1. The lowest BCUT2D eigenvalue weighted by Gasteiger charge is -2.40. The van der Waals surface area contributed by atoms with Crippen molar-refractivity contribution in [3.63, 3.8) is 0 Å². The number of ether oxygens (including phenoxy) is 1. The first-order valence-corrected chi connectivity index (χ1v) is 12.3. The molecule has 2 N–H and O–H groups in total. The van der Waals surface area contributed by atoms with Crippen LogP contribution < -0.4 is 0 Å². The Morgan fingerprint density at radius 1 is 0.939 bits per heavy atom. The van der Waals surface area contributed by atoms with Crippen molar-refractivity contribution in [2.24, 2.45) is 0 Å². The molecule has 0 aromatic heterocycles. The van der Waals surface area contributed by atoms with E-state index < -0.39 is 12.2 Å². The summed E-state index contributed by atoms with van der Waals surface area (Å²) in [4.78, 5) is 6.93. The van der Waals surface area contributed by atoms with E-state index in [1.807, 2.05) is 42.5 Å². The zero-order chi connectivity index (χ0) is 23.4. The van der Waals surface area contributed by atoms with Crippen molar-refractivity contribution in [1.29, 1.82) is 0 Å². The number of hydrogen-bond acceptors (Lipinski definition) is 6. The third-order valence-corrected chi connectivity index (χ3v) is 7.14. The number of aliphatic hydroxyl groups excluding tert-OH is 2. The number of halogens is 2. The molecule has 180 valence electrons. The van der Waals surface area contributed by atoms with Gasteiger partial charge < -0.3 is 19.8 Å². The highest BCUT2D eigenvalue weighted by Gasteiger charge is 2.47. The summed E-state index contributed by atoms with van der Waals surface area (Å²) in [6, 6.07) is 15.6. The summed E-state index contributed by atoms with van der Waals surface area (Å²) in [6.45, 7) is 5.50. The van der Waals surface area contributed by atoms with Crippen LogP contribution in [0.1, 0.15) is 11.1 Å². The van der Waals surface area contributed by atoms with E-state index in [4.69, 9.17) is 27.9 Å². The Bertz CT molecular complexity index is 893. The largest absolute Gasteiger partial charge is 0.394 e. The van der Waals surface area contributed by atoms with Crippen LogP contribution in [-0.2, 0) is 17.8 Å². The summed E-state index contributed by atoms with van der Waals surface area (Å²) in [7, 11) is 2.12. The maximum Gasteiger partial charge on any atom is 0.109 e. The van der Waals surface area contributed by atoms with E-state index in [9.17, 15) is 10.2 Å². The molecule has 2 fully saturated rings. The van der Waals surface area contributed by atoms with Crippen molar-refractivity contribution in [3.05, 3.63) is 69.7 Å². The number of nitrogens with zero attached hydrogens (tertiary/aromatic N) is 3. The van der Waals surface area contributed by atoms with Gasteiger partial charge in [-0.1, -0.05) is 47.5 Å². The lowest BCUT2D eigenvalue weighted by Crippen LogP contribution is -2.56. The molecule has 2 heterocycles. The van der Waals surface area contributed by atoms with E-state index in [2.05, 4.69) is 27.8 Å². The molecule has 2 aromatic rings. The number of hydrogen-bond donors (Lipinski definition) is 2. The maximum atomic E-state index is 11.0. The molecule has 33 heavy (non-hydrogen) atoms. The van der Waals surface area contributed by atoms with Crippen molar-refractivity contribution < 1.29 is 14.9 Å². The summed E-state index contributed by atoms with van der Waals surface area (Å²) in [5.74, 6) is 0. The third-order valence-electron chi connectivity index (χ3n) is 6.65. The first-order chi connectivity index (χ1) is 15.9. The molecule has 4 unspecified atom stereocenters. The van der Waals surface area contributed by atoms with Gasteiger partial charge in [-0.25, -0.2) is 0 Å². The van der Waals surface area contributed by atoms with Crippen molar-refractivity contribution >= 4 is 23.2 Å². The minimum absolute atomic E-state index is 0.150. The molecule has 4 rings (SSSR count). The van der Waals surface area contributed by atoms with Crippen LogP contribution in [-0.4, -0.2) is 95.6 Å². The van der Waals surface area contributed by atoms with Crippen molar-refractivity contribution in [2.45, 2.75) is 37.4 Å². The normalized spacial score (nSPS) is 26.8. The molecule has 2 saturated heterocycles. The average molecular weight is 494 g/mol. The molecule has 0 bridgehead atoms. The van der Waals surface area contributed by atoms with Gasteiger partial charge in [0.1, 0.15) is 12.2 Å². The first kappa shape index (κ1) is 24.9. The molecule has 2 aliphatic heterocycles. The molecule has 0 aliphatic carbocycles. The highest BCUT2D eigenvalue weighted by Crippen LogP contribution is 2.28. The topological polar surface area (TPSA) is 59.4 Å². The SMILES string of the molecule is CN1CCN(C2C(CN(Cc3ccc(Cl)cc3)Cc3cccc(Cl)c3)OC(CO)C2O)CC1. The van der Waals surface area contributed by atoms with Gasteiger partial charge in [0, 0.05) is 55.9 Å². The van der Waals surface area contributed by atoms with Gasteiger partial charge in [0.25, 0.3) is 0 Å². The molecule has 0 spiro atoms. The summed E-state index contributed by atoms with van der Waals surface area (Å²) in [5, 5.41) is 22.2. The standard InChI is InChI=1S/C25H33Cl2N3O3/c1-28-9-11-30(12-10-28)24-22(33-23(17-31)25(24)32)16-29(14-18-5-7-20(26)8-6-18)15-19-3-2-4-21(27)13-19/h2-8,13,22-25,31-32H,9-12,14-17H2,1H3. The first-order valence-electron chi connectivity index (χ1n) is 11.5. The summed E-state index contributed by atoms with van der Waals surface area (Å²) in [6.07, 6.45) is -1.50. The van der Waals surface area contributed by atoms with E-state index in [0.29, 0.717) is 29.7 Å². The van der Waals surface area contributed by atoms with E-state index in [1.54, 1.807) is 0 Å². The fourth-order valence-corrected chi connectivity index (χ4v) is 5.22. The van der Waals surface area contributed by atoms with Crippen LogP contribution in [0.15, 0.2) is 48.5 Å². The van der Waals surface area contributed by atoms with E-state index in [1.165, 1.54) is 0 Å². The number of rotatable bonds is 8. The highest BCUT2D eigenvalue weighted by atomic mass is 35.5. The lowest BCUT2D eigenvalue weighted by molar-refractivity contribution is -0.0330. The van der Waals surface area contributed by atoms with Crippen molar-refractivity contribution in [1.82, 2.24) is 14.7 Å². The molecule has 6 nitrogen and oxygen atoms in total. The molecular formula is C25H33Cl2N3O3. The predicted molar refractivity (Wildman–Crippen MR) is 132 cm³/mol. The van der Waals surface area contributed by atoms with Gasteiger partial charge in [-0.15, -0.1) is 0 Å². The summed E-state index contributed by atoms with van der Waals surface area (Å²) < 4.78 is 6.22. The number of benzene rings is 2. The molecule has 2 aromatic carbocycles. The van der Waals surface area contributed by atoms with Gasteiger partial charge in [0.2, 0.25) is 0 Å². The minimum atomic E-state index is -0.716. The van der Waals surface area contributed by atoms with Crippen molar-refractivity contribution in [2.75, 3.05) is 46.4 Å². The van der Waals surface area contributed by atoms with Gasteiger partial charge in [-0.3, -0.25) is 9.80 Å². The third kappa shape index (κ3) is 6.47. The second-order valence-electron chi connectivity index (χ2n) is 9.14. The van der Waals surface area contributed by atoms with Gasteiger partial charge in [-0.2, -0.15) is 0 Å². The zero-order valence-electron chi connectivity index (χ0n) is 19.0. The minimum Gasteiger partial charge on any atom is -0.394 e. The maximum absolute atomic E-state index is 11.0. The second kappa shape index (κ2) is 11.5. The molecule has 2 aliphatic rings. The molecule has 0 saturated carbocycles. The monoisotopic (exact) mass is 493 g/mol. The Labute approximate surface area is 206 Å². The van der Waals surface area contributed by atoms with Gasteiger partial charge in [0.15, 0.2) is 0 Å². The Hall–Kier alpha value is -1.22. The van der Waals surface area contributed by atoms with Crippen LogP contribution in [0, 0.1) is 0 Å². The fraction of sp³-hybridized carbons (Fsp3) is 0.520. The van der Waals surface area contributed by atoms with Crippen molar-refractivity contribution in [3.8, 4) is 0 Å². The molecule has 4 atom stereocenters. The number of aliphatic hydroxyl groups is 2. The quantitative estimate of drug-likeness (QED) is 0.589. The molecular weight excluding hydrogens is 461 g/mol. The van der Waals surface area contributed by atoms with E-state index in [-0.39, 0.29) is 18.8 Å². The number of piperazine rings is 1. The van der Waals surface area contributed by atoms with Crippen LogP contribution in [0.4, 0.5) is 0 Å². The fourth-order valence-electron chi connectivity index (χ4n) is 4.88. The molecule has 8 heteroatoms. The zero-order valence-corrected chi connectivity index (χ0v) is 20.5. The lowest BCUT2D eigenvalue weighted by atomic mass is 10.0. The Kier molecular flexibility index (Phi) is 8.65. The average Bonchev–Trinajstić information content (AvgIpc) is 3.11. The van der Waals surface area contributed by atoms with Crippen LogP contribution in [0.5, 0.6) is 0 Å². The van der Waals surface area contributed by atoms with E-state index >= 15 is 0 Å². The second-order valence-corrected chi connectivity index (χ2v) is 10.0. The van der Waals surface area contributed by atoms with Crippen LogP contribution >= 0.6 is 23.2 Å².